The van der Waals surface area contributed by atoms with Crippen LogP contribution in [0.15, 0.2) is 18.3 Å². The van der Waals surface area contributed by atoms with E-state index in [0.29, 0.717) is 23.8 Å². The second-order valence-electron chi connectivity index (χ2n) is 9.66. The van der Waals surface area contributed by atoms with E-state index in [1.165, 1.54) is 22.4 Å². The van der Waals surface area contributed by atoms with Crippen LogP contribution in [0.2, 0.25) is 0 Å². The molecule has 5 heteroatoms. The first kappa shape index (κ1) is 20.8. The minimum Gasteiger partial charge on any atom is -0.496 e. The van der Waals surface area contributed by atoms with Crippen LogP contribution in [0.5, 0.6) is 5.75 Å². The van der Waals surface area contributed by atoms with E-state index >= 15 is 0 Å². The number of hydrogen-bond donors (Lipinski definition) is 1. The number of ether oxygens (including phenoxy) is 1. The molecule has 5 nitrogen and oxygen atoms in total. The number of nitrogens with zero attached hydrogens (tertiary/aromatic N) is 2. The fourth-order valence-corrected chi connectivity index (χ4v) is 5.97. The Hall–Kier alpha value is -2.43. The van der Waals surface area contributed by atoms with Crippen LogP contribution in [0.4, 0.5) is 0 Å². The second-order valence-corrected chi connectivity index (χ2v) is 9.66. The van der Waals surface area contributed by atoms with Crippen molar-refractivity contribution < 1.29 is 9.53 Å². The summed E-state index contributed by atoms with van der Waals surface area (Å²) in [4.78, 5) is 22.1. The van der Waals surface area contributed by atoms with Crippen molar-refractivity contribution in [2.75, 3.05) is 13.7 Å². The standard InChI is InChI=1S/C25H33N3O2/c1-7-10-26-23(29)18-11-16-8-9-21-24(3,4)22-17(14-27-15(2)28-22)13-25(21,5)19(16)12-20(18)30-6/h11-12,14,21H,7-10,13H2,1-6H3,(H,26,29)/t21?,25-/m1/s1. The van der Waals surface area contributed by atoms with Crippen LogP contribution < -0.4 is 10.1 Å². The van der Waals surface area contributed by atoms with Crippen molar-refractivity contribution in [2.45, 2.75) is 71.1 Å². The fourth-order valence-electron chi connectivity index (χ4n) is 5.97. The first-order valence-corrected chi connectivity index (χ1v) is 11.0. The fraction of sp³-hybridized carbons (Fsp3) is 0.560. The minimum atomic E-state index is -0.0537. The smallest absolute Gasteiger partial charge is 0.255 e. The topological polar surface area (TPSA) is 64.1 Å². The van der Waals surface area contributed by atoms with Crippen LogP contribution in [-0.2, 0) is 23.7 Å². The van der Waals surface area contributed by atoms with E-state index in [0.717, 1.165) is 31.5 Å². The number of carbonyl (C=O) groups is 1. The summed E-state index contributed by atoms with van der Waals surface area (Å²) < 4.78 is 5.69. The van der Waals surface area contributed by atoms with E-state index in [1.807, 2.05) is 13.1 Å². The molecule has 1 aromatic carbocycles. The number of aromatic nitrogens is 2. The lowest BCUT2D eigenvalue weighted by molar-refractivity contribution is 0.0949. The Morgan fingerprint density at radius 2 is 2.03 bits per heavy atom. The van der Waals surface area contributed by atoms with Gasteiger partial charge in [-0.1, -0.05) is 27.7 Å². The predicted octanol–water partition coefficient (Wildman–Crippen LogP) is 4.29. The van der Waals surface area contributed by atoms with E-state index < -0.39 is 0 Å². The molecule has 0 fully saturated rings. The highest BCUT2D eigenvalue weighted by atomic mass is 16.5. The third kappa shape index (κ3) is 3.10. The molecule has 1 unspecified atom stereocenters. The number of hydrogen-bond acceptors (Lipinski definition) is 4. The Labute approximate surface area is 179 Å². The molecule has 2 atom stereocenters. The summed E-state index contributed by atoms with van der Waals surface area (Å²) in [6.07, 6.45) is 5.89. The molecule has 2 aromatic rings. The maximum absolute atomic E-state index is 12.7. The summed E-state index contributed by atoms with van der Waals surface area (Å²) in [5.74, 6) is 1.91. The highest BCUT2D eigenvalue weighted by Crippen LogP contribution is 2.56. The highest BCUT2D eigenvalue weighted by Gasteiger charge is 2.53. The SMILES string of the molecule is CCCNC(=O)c1cc2c(cc1OC)[C@@]1(C)Cc3cnc(C)nc3C(C)(C)C1CC2. The van der Waals surface area contributed by atoms with Gasteiger partial charge in [0.05, 0.1) is 18.4 Å². The number of carbonyl (C=O) groups excluding carboxylic acids is 1. The van der Waals surface area contributed by atoms with Crippen molar-refractivity contribution in [1.29, 1.82) is 0 Å². The molecule has 160 valence electrons. The van der Waals surface area contributed by atoms with E-state index in [-0.39, 0.29) is 16.7 Å². The Balaban J connectivity index is 1.83. The molecule has 2 aliphatic carbocycles. The molecule has 0 saturated carbocycles. The summed E-state index contributed by atoms with van der Waals surface area (Å²) in [5.41, 5.74) is 5.56. The number of benzene rings is 1. The van der Waals surface area contributed by atoms with Gasteiger partial charge >= 0.3 is 0 Å². The van der Waals surface area contributed by atoms with Crippen molar-refractivity contribution >= 4 is 5.91 Å². The summed E-state index contributed by atoms with van der Waals surface area (Å²) in [5, 5.41) is 2.99. The van der Waals surface area contributed by atoms with Crippen LogP contribution in [0.3, 0.4) is 0 Å². The molecule has 0 bridgehead atoms. The summed E-state index contributed by atoms with van der Waals surface area (Å²) in [6, 6.07) is 4.19. The number of nitrogens with one attached hydrogen (secondary N) is 1. The Morgan fingerprint density at radius 3 is 2.73 bits per heavy atom. The average molecular weight is 408 g/mol. The number of amides is 1. The Kier molecular flexibility index (Phi) is 5.11. The van der Waals surface area contributed by atoms with Gasteiger partial charge in [0.25, 0.3) is 5.91 Å². The monoisotopic (exact) mass is 407 g/mol. The van der Waals surface area contributed by atoms with Gasteiger partial charge < -0.3 is 10.1 Å². The lowest BCUT2D eigenvalue weighted by Crippen LogP contribution is -2.52. The lowest BCUT2D eigenvalue weighted by Gasteiger charge is -2.54. The van der Waals surface area contributed by atoms with Gasteiger partial charge in [-0.15, -0.1) is 0 Å². The molecule has 0 aliphatic heterocycles. The molecular formula is C25H33N3O2. The molecule has 0 spiro atoms. The molecule has 1 N–H and O–H groups in total. The molecule has 30 heavy (non-hydrogen) atoms. The van der Waals surface area contributed by atoms with Crippen molar-refractivity contribution in [3.63, 3.8) is 0 Å². The average Bonchev–Trinajstić information content (AvgIpc) is 2.71. The Bertz CT molecular complexity index is 998. The minimum absolute atomic E-state index is 0.0435. The maximum Gasteiger partial charge on any atom is 0.255 e. The summed E-state index contributed by atoms with van der Waals surface area (Å²) in [6.45, 7) is 11.7. The number of aryl methyl sites for hydroxylation is 2. The van der Waals surface area contributed by atoms with E-state index in [4.69, 9.17) is 9.72 Å². The van der Waals surface area contributed by atoms with Crippen LogP contribution in [0.25, 0.3) is 0 Å². The van der Waals surface area contributed by atoms with Crippen LogP contribution in [-0.4, -0.2) is 29.5 Å². The van der Waals surface area contributed by atoms with Gasteiger partial charge in [0.2, 0.25) is 0 Å². The van der Waals surface area contributed by atoms with Gasteiger partial charge in [0, 0.05) is 23.6 Å². The largest absolute Gasteiger partial charge is 0.496 e. The van der Waals surface area contributed by atoms with Gasteiger partial charge in [0.15, 0.2) is 0 Å². The van der Waals surface area contributed by atoms with Gasteiger partial charge in [-0.2, -0.15) is 0 Å². The highest BCUT2D eigenvalue weighted by molar-refractivity contribution is 5.97. The van der Waals surface area contributed by atoms with Gasteiger partial charge in [-0.25, -0.2) is 9.97 Å². The Morgan fingerprint density at radius 1 is 1.27 bits per heavy atom. The summed E-state index contributed by atoms with van der Waals surface area (Å²) >= 11 is 0. The molecular weight excluding hydrogens is 374 g/mol. The first-order chi connectivity index (χ1) is 14.2. The molecule has 1 amide bonds. The van der Waals surface area contributed by atoms with E-state index in [1.54, 1.807) is 7.11 Å². The number of fused-ring (bicyclic) bond motifs is 4. The van der Waals surface area contributed by atoms with Crippen molar-refractivity contribution in [3.8, 4) is 5.75 Å². The zero-order valence-electron chi connectivity index (χ0n) is 19.1. The maximum atomic E-state index is 12.7. The summed E-state index contributed by atoms with van der Waals surface area (Å²) in [7, 11) is 1.65. The van der Waals surface area contributed by atoms with Crippen molar-refractivity contribution in [3.05, 3.63) is 52.1 Å². The number of methoxy groups -OCH3 is 1. The van der Waals surface area contributed by atoms with E-state index in [9.17, 15) is 4.79 Å². The third-order valence-corrected chi connectivity index (χ3v) is 7.32. The van der Waals surface area contributed by atoms with Crippen molar-refractivity contribution in [1.82, 2.24) is 15.3 Å². The first-order valence-electron chi connectivity index (χ1n) is 11.0. The normalized spacial score (nSPS) is 23.7. The lowest BCUT2D eigenvalue weighted by atomic mass is 9.50. The van der Waals surface area contributed by atoms with Gasteiger partial charge in [0.1, 0.15) is 11.6 Å². The molecule has 2 aliphatic rings. The molecule has 1 aromatic heterocycles. The molecule has 4 rings (SSSR count). The number of rotatable bonds is 4. The van der Waals surface area contributed by atoms with Crippen LogP contribution in [0, 0.1) is 12.8 Å². The second kappa shape index (κ2) is 7.36. The molecule has 1 heterocycles. The zero-order chi connectivity index (χ0) is 21.7. The van der Waals surface area contributed by atoms with E-state index in [2.05, 4.69) is 50.1 Å². The van der Waals surface area contributed by atoms with Gasteiger partial charge in [-0.3, -0.25) is 4.79 Å². The molecule has 0 radical (unpaired) electrons. The quantitative estimate of drug-likeness (QED) is 0.821. The molecule has 0 saturated heterocycles. The predicted molar refractivity (Wildman–Crippen MR) is 118 cm³/mol. The van der Waals surface area contributed by atoms with Crippen LogP contribution in [0.1, 0.15) is 79.1 Å². The van der Waals surface area contributed by atoms with Crippen LogP contribution >= 0.6 is 0 Å². The van der Waals surface area contributed by atoms with Crippen molar-refractivity contribution in [2.24, 2.45) is 5.92 Å². The van der Waals surface area contributed by atoms with Gasteiger partial charge in [-0.05, 0) is 67.3 Å². The zero-order valence-corrected chi connectivity index (χ0v) is 19.1. The third-order valence-electron chi connectivity index (χ3n) is 7.32.